The minimum Gasteiger partial charge on any atom is -0.506 e. The van der Waals surface area contributed by atoms with Gasteiger partial charge in [0, 0.05) is 48.5 Å². The quantitative estimate of drug-likeness (QED) is 0.0709. The molecule has 306 valence electrons. The Morgan fingerprint density at radius 1 is 1.17 bits per heavy atom. The maximum absolute atomic E-state index is 17.3. The molecule has 4 N–H and O–H groups in total. The molecule has 0 radical (unpaired) electrons. The Kier molecular flexibility index (Phi) is 11.3. The summed E-state index contributed by atoms with van der Waals surface area (Å²) in [5.74, 6) is 0.235. The van der Waals surface area contributed by atoms with E-state index in [-0.39, 0.29) is 86.8 Å². The molecule has 0 bridgehead atoms. The third-order valence-electron chi connectivity index (χ3n) is 12.0. The van der Waals surface area contributed by atoms with E-state index in [1.165, 1.54) is 12.1 Å². The van der Waals surface area contributed by atoms with Crippen molar-refractivity contribution in [1.29, 1.82) is 0 Å². The fourth-order valence-electron chi connectivity index (χ4n) is 9.00. The molecule has 3 aliphatic rings. The number of nitrogens with zero attached hydrogens (tertiary/aromatic N) is 4. The predicted molar refractivity (Wildman–Crippen MR) is 223 cm³/mol. The number of anilines is 2. The van der Waals surface area contributed by atoms with Crippen LogP contribution in [0.2, 0.25) is 5.02 Å². The van der Waals surface area contributed by atoms with Gasteiger partial charge in [0.05, 0.1) is 33.5 Å². The first-order valence-electron chi connectivity index (χ1n) is 19.9. The van der Waals surface area contributed by atoms with E-state index in [0.717, 1.165) is 44.3 Å². The molecule has 0 amide bonds. The summed E-state index contributed by atoms with van der Waals surface area (Å²) in [4.78, 5) is 28.8. The molecule has 5 aromatic rings. The summed E-state index contributed by atoms with van der Waals surface area (Å²) in [6, 6.07) is 10.5. The summed E-state index contributed by atoms with van der Waals surface area (Å²) >= 11 is 6.85. The fraction of sp³-hybridized carbons (Fsp3) is 0.378. The van der Waals surface area contributed by atoms with Gasteiger partial charge in [0.1, 0.15) is 41.9 Å². The van der Waals surface area contributed by atoms with Gasteiger partial charge in [-0.1, -0.05) is 66.4 Å². The van der Waals surface area contributed by atoms with Gasteiger partial charge < -0.3 is 30.4 Å². The number of aromatic nitrogens is 3. The predicted octanol–water partition coefficient (Wildman–Crippen LogP) is 8.51. The molecular weight excluding hydrogens is 778 g/mol. The summed E-state index contributed by atoms with van der Waals surface area (Å²) in [6.45, 7) is 8.35. The number of fused-ring (bicyclic) bond motifs is 3. The van der Waals surface area contributed by atoms with Gasteiger partial charge in [-0.05, 0) is 68.5 Å². The van der Waals surface area contributed by atoms with Crippen LogP contribution in [0.3, 0.4) is 0 Å². The Morgan fingerprint density at radius 2 is 2.02 bits per heavy atom. The number of terminal acetylenes is 1. The number of halogens is 3. The molecular formula is C45H45ClF2N6O5. The topological polar surface area (TPSA) is 145 Å². The fourth-order valence-corrected chi connectivity index (χ4v) is 9.28. The van der Waals surface area contributed by atoms with E-state index in [4.69, 9.17) is 38.0 Å². The molecule has 5 heterocycles. The third-order valence-corrected chi connectivity index (χ3v) is 12.3. The van der Waals surface area contributed by atoms with Crippen LogP contribution >= 0.6 is 11.6 Å². The van der Waals surface area contributed by atoms with E-state index < -0.39 is 29.0 Å². The summed E-state index contributed by atoms with van der Waals surface area (Å²) in [7, 11) is 0. The van der Waals surface area contributed by atoms with Crippen LogP contribution in [0.1, 0.15) is 69.0 Å². The Hall–Kier alpha value is -5.55. The standard InChI is InChI=1S/C45H45ClF2N6O5/c1-4-30-33(47)14-13-27-10-7-11-32(34(27)30)35-37(46)40(55)36-39(38(35)48)52-44(53-42(36)51-26(3)31-12-8-18-50-41(31)49)59-24-45-17-15-29(54(45)22-25(2)21-45)23-58-43(56)28-9-5-6-19-57-20-16-28/h1,7-8,10-14,18,26,28-29,55H,2,5-6,9,15-17,19-24H2,3H3,(H2,49,50)(H,51,52,53). The number of nitrogens with two attached hydrogens (primary N) is 1. The van der Waals surface area contributed by atoms with Gasteiger partial charge in [-0.15, -0.1) is 6.42 Å². The highest BCUT2D eigenvalue weighted by Crippen LogP contribution is 2.49. The third kappa shape index (κ3) is 7.61. The average Bonchev–Trinajstić information content (AvgIpc) is 3.71. The minimum absolute atomic E-state index is 0.0277. The highest BCUT2D eigenvalue weighted by atomic mass is 35.5. The Balaban J connectivity index is 1.15. The SMILES string of the molecule is C#Cc1c(F)ccc2cccc(-c3c(Cl)c(O)c4c(NC(C)c5cccnc5N)nc(OCC56CCC(COC(=O)C7CCCCOCC7)N5CC(=C)C6)nc4c3F)c12. The second-order valence-electron chi connectivity index (χ2n) is 15.7. The molecule has 4 atom stereocenters. The average molecular weight is 823 g/mol. The van der Waals surface area contributed by atoms with Crippen LogP contribution in [0.25, 0.3) is 32.8 Å². The molecule has 59 heavy (non-hydrogen) atoms. The number of nitrogens with one attached hydrogen (secondary N) is 1. The highest BCUT2D eigenvalue weighted by molar-refractivity contribution is 6.37. The van der Waals surface area contributed by atoms with Crippen molar-refractivity contribution in [2.45, 2.75) is 69.5 Å². The number of esters is 1. The lowest BCUT2D eigenvalue weighted by Gasteiger charge is -2.34. The summed E-state index contributed by atoms with van der Waals surface area (Å²) in [6.07, 6.45) is 12.8. The molecule has 3 fully saturated rings. The number of rotatable bonds is 10. The maximum atomic E-state index is 17.3. The molecule has 11 nitrogen and oxygen atoms in total. The lowest BCUT2D eigenvalue weighted by molar-refractivity contribution is -0.151. The molecule has 2 aromatic heterocycles. The molecule has 3 aliphatic heterocycles. The number of nitrogen functional groups attached to an aromatic ring is 1. The van der Waals surface area contributed by atoms with Crippen molar-refractivity contribution in [3.05, 3.63) is 88.6 Å². The van der Waals surface area contributed by atoms with Gasteiger partial charge in [-0.2, -0.15) is 9.97 Å². The lowest BCUT2D eigenvalue weighted by Crippen LogP contribution is -2.48. The van der Waals surface area contributed by atoms with Crippen LogP contribution in [0.15, 0.2) is 60.8 Å². The number of hydrogen-bond donors (Lipinski definition) is 3. The van der Waals surface area contributed by atoms with Crippen LogP contribution in [-0.2, 0) is 14.3 Å². The Morgan fingerprint density at radius 3 is 2.83 bits per heavy atom. The number of aromatic hydroxyl groups is 1. The van der Waals surface area contributed by atoms with Crippen molar-refractivity contribution >= 4 is 50.9 Å². The van der Waals surface area contributed by atoms with Crippen LogP contribution in [0.4, 0.5) is 20.4 Å². The zero-order chi connectivity index (χ0) is 41.4. The lowest BCUT2D eigenvalue weighted by atomic mass is 9.93. The van der Waals surface area contributed by atoms with E-state index in [9.17, 15) is 9.90 Å². The summed E-state index contributed by atoms with van der Waals surface area (Å²) < 4.78 is 50.3. The van der Waals surface area contributed by atoms with E-state index >= 15 is 8.78 Å². The number of carbonyl (C=O) groups is 1. The second kappa shape index (κ2) is 16.6. The number of pyridine rings is 1. The molecule has 0 spiro atoms. The molecule has 8 rings (SSSR count). The number of phenolic OH excluding ortho intramolecular Hbond substituents is 1. The number of benzene rings is 3. The van der Waals surface area contributed by atoms with Crippen molar-refractivity contribution in [2.24, 2.45) is 5.92 Å². The number of phenols is 1. The normalized spacial score (nSPS) is 21.4. The zero-order valence-electron chi connectivity index (χ0n) is 32.7. The number of ether oxygens (including phenoxy) is 3. The molecule has 14 heteroatoms. The second-order valence-corrected chi connectivity index (χ2v) is 16.1. The smallest absolute Gasteiger partial charge is 0.319 e. The van der Waals surface area contributed by atoms with Crippen LogP contribution in [-0.4, -0.2) is 75.5 Å². The first-order chi connectivity index (χ1) is 28.5. The number of carbonyl (C=O) groups excluding carboxylic acids is 1. The van der Waals surface area contributed by atoms with Crippen molar-refractivity contribution in [1.82, 2.24) is 19.9 Å². The van der Waals surface area contributed by atoms with Crippen molar-refractivity contribution in [2.75, 3.05) is 44.0 Å². The van der Waals surface area contributed by atoms with E-state index in [1.54, 1.807) is 36.5 Å². The Labute approximate surface area is 345 Å². The first kappa shape index (κ1) is 40.2. The van der Waals surface area contributed by atoms with Gasteiger partial charge in [0.25, 0.3) is 0 Å². The molecule has 4 unspecified atom stereocenters. The minimum atomic E-state index is -0.904. The largest absolute Gasteiger partial charge is 0.506 e. The van der Waals surface area contributed by atoms with Gasteiger partial charge in [0.15, 0.2) is 5.82 Å². The van der Waals surface area contributed by atoms with Crippen LogP contribution in [0, 0.1) is 29.9 Å². The van der Waals surface area contributed by atoms with E-state index in [0.29, 0.717) is 36.9 Å². The van der Waals surface area contributed by atoms with Crippen molar-refractivity contribution < 1.29 is 32.9 Å². The molecule has 3 saturated heterocycles. The summed E-state index contributed by atoms with van der Waals surface area (Å²) in [5, 5.41) is 15.4. The van der Waals surface area contributed by atoms with E-state index in [1.807, 2.05) is 6.92 Å². The monoisotopic (exact) mass is 822 g/mol. The zero-order valence-corrected chi connectivity index (χ0v) is 33.5. The van der Waals surface area contributed by atoms with Gasteiger partial charge in [-0.25, -0.2) is 13.8 Å². The van der Waals surface area contributed by atoms with Crippen LogP contribution < -0.4 is 15.8 Å². The van der Waals surface area contributed by atoms with E-state index in [2.05, 4.69) is 37.7 Å². The molecule has 3 aromatic carbocycles. The van der Waals surface area contributed by atoms with Gasteiger partial charge in [0.2, 0.25) is 0 Å². The van der Waals surface area contributed by atoms with Crippen molar-refractivity contribution in [3.8, 4) is 35.2 Å². The maximum Gasteiger partial charge on any atom is 0.319 e. The van der Waals surface area contributed by atoms with Crippen molar-refractivity contribution in [3.63, 3.8) is 0 Å². The molecule has 0 saturated carbocycles. The number of hydrogen-bond acceptors (Lipinski definition) is 11. The highest BCUT2D eigenvalue weighted by Gasteiger charge is 2.51. The van der Waals surface area contributed by atoms with Gasteiger partial charge in [-0.3, -0.25) is 9.69 Å². The summed E-state index contributed by atoms with van der Waals surface area (Å²) in [5.41, 5.74) is 6.93. The molecule has 0 aliphatic carbocycles. The van der Waals surface area contributed by atoms with Crippen LogP contribution in [0.5, 0.6) is 11.8 Å². The first-order valence-corrected chi connectivity index (χ1v) is 20.2. The van der Waals surface area contributed by atoms with Gasteiger partial charge >= 0.3 is 12.0 Å². The Bertz CT molecular complexity index is 2510.